The first-order valence-corrected chi connectivity index (χ1v) is 16.8. The lowest BCUT2D eigenvalue weighted by Crippen LogP contribution is -2.54. The summed E-state index contributed by atoms with van der Waals surface area (Å²) in [7, 11) is 0. The standard InChI is InChI=1S/C35H36ClFN6O2S/c1-25-23-42(20-21-43(25)34(45)28-12-14-29(37)15-13-28)31-22-30(36)38-35(39-31)46-24-32(44)40-16-18-41(19-17-40)33(26-8-4-2-5-9-26)27-10-6-3-7-11-27/h2-15,22,25,33H,16-21,23-24H2,1H3. The van der Waals surface area contributed by atoms with Gasteiger partial charge >= 0.3 is 0 Å². The molecule has 3 aromatic carbocycles. The number of anilines is 1. The van der Waals surface area contributed by atoms with E-state index in [1.807, 2.05) is 24.0 Å². The van der Waals surface area contributed by atoms with Crippen molar-refractivity contribution in [3.05, 3.63) is 119 Å². The van der Waals surface area contributed by atoms with Gasteiger partial charge in [-0.2, -0.15) is 0 Å². The Morgan fingerprint density at radius 3 is 2.11 bits per heavy atom. The van der Waals surface area contributed by atoms with Crippen LogP contribution in [0.4, 0.5) is 10.2 Å². The molecule has 0 spiro atoms. The van der Waals surface area contributed by atoms with Gasteiger partial charge in [0.1, 0.15) is 16.8 Å². The summed E-state index contributed by atoms with van der Waals surface area (Å²) in [6.45, 7) is 6.43. The van der Waals surface area contributed by atoms with Crippen molar-refractivity contribution >= 4 is 41.0 Å². The van der Waals surface area contributed by atoms with E-state index in [1.165, 1.54) is 47.2 Å². The number of carbonyl (C=O) groups is 2. The minimum absolute atomic E-state index is 0.0484. The molecule has 1 atom stereocenters. The van der Waals surface area contributed by atoms with Crippen LogP contribution < -0.4 is 4.90 Å². The number of nitrogens with zero attached hydrogens (tertiary/aromatic N) is 6. The number of amides is 2. The lowest BCUT2D eigenvalue weighted by molar-refractivity contribution is -0.130. The van der Waals surface area contributed by atoms with Gasteiger partial charge in [-0.15, -0.1) is 0 Å². The van der Waals surface area contributed by atoms with Crippen molar-refractivity contribution in [3.8, 4) is 0 Å². The average molecular weight is 659 g/mol. The first-order valence-electron chi connectivity index (χ1n) is 15.5. The summed E-state index contributed by atoms with van der Waals surface area (Å²) in [5.74, 6) is 0.434. The maximum Gasteiger partial charge on any atom is 0.254 e. The third-order valence-electron chi connectivity index (χ3n) is 8.55. The molecule has 238 valence electrons. The Balaban J connectivity index is 1.04. The van der Waals surface area contributed by atoms with E-state index in [4.69, 9.17) is 16.6 Å². The Morgan fingerprint density at radius 2 is 1.50 bits per heavy atom. The van der Waals surface area contributed by atoms with E-state index in [0.717, 1.165) is 13.1 Å². The van der Waals surface area contributed by atoms with Crippen LogP contribution in [0.1, 0.15) is 34.5 Å². The van der Waals surface area contributed by atoms with E-state index in [0.29, 0.717) is 54.4 Å². The summed E-state index contributed by atoms with van der Waals surface area (Å²) < 4.78 is 13.3. The lowest BCUT2D eigenvalue weighted by Gasteiger charge is -2.40. The molecule has 1 aromatic heterocycles. The number of hydrogen-bond donors (Lipinski definition) is 0. The summed E-state index contributed by atoms with van der Waals surface area (Å²) >= 11 is 7.69. The predicted octanol–water partition coefficient (Wildman–Crippen LogP) is 5.65. The van der Waals surface area contributed by atoms with Crippen molar-refractivity contribution in [2.45, 2.75) is 24.2 Å². The molecule has 6 rings (SSSR count). The predicted molar refractivity (Wildman–Crippen MR) is 180 cm³/mol. The van der Waals surface area contributed by atoms with Crippen LogP contribution in [0.15, 0.2) is 96.2 Å². The van der Waals surface area contributed by atoms with Crippen LogP contribution in [0.3, 0.4) is 0 Å². The van der Waals surface area contributed by atoms with E-state index in [-0.39, 0.29) is 35.5 Å². The number of thioether (sulfide) groups is 1. The monoisotopic (exact) mass is 658 g/mol. The van der Waals surface area contributed by atoms with Crippen molar-refractivity contribution in [1.82, 2.24) is 24.7 Å². The average Bonchev–Trinajstić information content (AvgIpc) is 3.08. The van der Waals surface area contributed by atoms with E-state index in [2.05, 4.69) is 63.3 Å². The number of halogens is 2. The van der Waals surface area contributed by atoms with Gasteiger partial charge in [-0.1, -0.05) is 84.0 Å². The van der Waals surface area contributed by atoms with Gasteiger partial charge in [-0.05, 0) is 42.3 Å². The molecule has 2 fully saturated rings. The fourth-order valence-electron chi connectivity index (χ4n) is 6.17. The van der Waals surface area contributed by atoms with Crippen LogP contribution in [0.25, 0.3) is 0 Å². The molecular formula is C35H36ClFN6O2S. The van der Waals surface area contributed by atoms with Gasteiger partial charge in [-0.25, -0.2) is 14.4 Å². The minimum atomic E-state index is -0.371. The van der Waals surface area contributed by atoms with Crippen molar-refractivity contribution in [2.24, 2.45) is 0 Å². The molecule has 4 aromatic rings. The molecule has 46 heavy (non-hydrogen) atoms. The van der Waals surface area contributed by atoms with Gasteiger partial charge in [0.15, 0.2) is 5.16 Å². The summed E-state index contributed by atoms with van der Waals surface area (Å²) in [4.78, 5) is 43.6. The fourth-order valence-corrected chi connectivity index (χ4v) is 7.15. The zero-order chi connectivity index (χ0) is 32.0. The summed E-state index contributed by atoms with van der Waals surface area (Å²) in [5, 5.41) is 0.749. The fraction of sp³-hybridized carbons (Fsp3) is 0.314. The molecule has 11 heteroatoms. The second-order valence-electron chi connectivity index (χ2n) is 11.6. The van der Waals surface area contributed by atoms with Crippen LogP contribution >= 0.6 is 23.4 Å². The van der Waals surface area contributed by atoms with E-state index in [1.54, 1.807) is 11.0 Å². The number of hydrogen-bond acceptors (Lipinski definition) is 7. The van der Waals surface area contributed by atoms with Gasteiger partial charge in [0, 0.05) is 63.5 Å². The number of piperazine rings is 2. The highest BCUT2D eigenvalue weighted by Gasteiger charge is 2.30. The quantitative estimate of drug-likeness (QED) is 0.138. The van der Waals surface area contributed by atoms with Gasteiger partial charge in [0.25, 0.3) is 5.91 Å². The first kappa shape index (κ1) is 32.0. The molecule has 0 bridgehead atoms. The lowest BCUT2D eigenvalue weighted by atomic mass is 9.96. The van der Waals surface area contributed by atoms with Crippen molar-refractivity contribution in [2.75, 3.05) is 56.5 Å². The van der Waals surface area contributed by atoms with E-state index in [9.17, 15) is 14.0 Å². The van der Waals surface area contributed by atoms with Crippen LogP contribution in [0.5, 0.6) is 0 Å². The maximum absolute atomic E-state index is 13.3. The third kappa shape index (κ3) is 7.52. The molecule has 1 unspecified atom stereocenters. The molecule has 8 nitrogen and oxygen atoms in total. The van der Waals surface area contributed by atoms with Gasteiger partial charge < -0.3 is 14.7 Å². The molecule has 0 saturated carbocycles. The topological polar surface area (TPSA) is 72.9 Å². The van der Waals surface area contributed by atoms with Crippen LogP contribution in [0, 0.1) is 5.82 Å². The highest BCUT2D eigenvalue weighted by Crippen LogP contribution is 2.30. The molecule has 0 N–H and O–H groups in total. The third-order valence-corrected chi connectivity index (χ3v) is 9.58. The zero-order valence-electron chi connectivity index (χ0n) is 25.6. The Morgan fingerprint density at radius 1 is 0.870 bits per heavy atom. The van der Waals surface area contributed by atoms with Crippen LogP contribution in [-0.4, -0.2) is 94.1 Å². The van der Waals surface area contributed by atoms with Crippen molar-refractivity contribution in [3.63, 3.8) is 0 Å². The molecular weight excluding hydrogens is 623 g/mol. The smallest absolute Gasteiger partial charge is 0.254 e. The number of aromatic nitrogens is 2. The molecule has 2 amide bonds. The highest BCUT2D eigenvalue weighted by molar-refractivity contribution is 7.99. The van der Waals surface area contributed by atoms with Gasteiger partial charge in [0.2, 0.25) is 5.91 Å². The maximum atomic E-state index is 13.3. The number of rotatable bonds is 8. The summed E-state index contributed by atoms with van der Waals surface area (Å²) in [6, 6.07) is 28.4. The summed E-state index contributed by atoms with van der Waals surface area (Å²) in [6.07, 6.45) is 0. The molecule has 2 aliphatic rings. The molecule has 0 radical (unpaired) electrons. The number of carbonyl (C=O) groups excluding carboxylic acids is 2. The van der Waals surface area contributed by atoms with Crippen molar-refractivity contribution < 1.29 is 14.0 Å². The van der Waals surface area contributed by atoms with E-state index < -0.39 is 0 Å². The first-order chi connectivity index (χ1) is 22.4. The Labute approximate surface area is 278 Å². The highest BCUT2D eigenvalue weighted by atomic mass is 35.5. The second kappa shape index (κ2) is 14.6. The van der Waals surface area contributed by atoms with Crippen molar-refractivity contribution in [1.29, 1.82) is 0 Å². The Hall–Kier alpha value is -3.99. The molecule has 2 aliphatic heterocycles. The van der Waals surface area contributed by atoms with Gasteiger partial charge in [0.05, 0.1) is 11.8 Å². The van der Waals surface area contributed by atoms with Crippen LogP contribution in [0.2, 0.25) is 5.15 Å². The SMILES string of the molecule is CC1CN(c2cc(Cl)nc(SCC(=O)N3CCN(C(c4ccccc4)c4ccccc4)CC3)n2)CCN1C(=O)c1ccc(F)cc1. The largest absolute Gasteiger partial charge is 0.353 e. The van der Waals surface area contributed by atoms with E-state index >= 15 is 0 Å². The Kier molecular flexibility index (Phi) is 10.2. The number of benzene rings is 3. The molecule has 3 heterocycles. The minimum Gasteiger partial charge on any atom is -0.353 e. The summed E-state index contributed by atoms with van der Waals surface area (Å²) in [5.41, 5.74) is 2.95. The zero-order valence-corrected chi connectivity index (χ0v) is 27.2. The van der Waals surface area contributed by atoms with Crippen LogP contribution in [-0.2, 0) is 4.79 Å². The Bertz CT molecular complexity index is 1600. The molecule has 0 aliphatic carbocycles. The molecule has 2 saturated heterocycles. The normalized spacial score (nSPS) is 17.4. The van der Waals surface area contributed by atoms with Gasteiger partial charge in [-0.3, -0.25) is 14.5 Å². The second-order valence-corrected chi connectivity index (χ2v) is 12.9.